The van der Waals surface area contributed by atoms with Gasteiger partial charge in [-0.15, -0.1) is 5.10 Å². The molecule has 0 aliphatic rings. The predicted molar refractivity (Wildman–Crippen MR) is 59.6 cm³/mol. The number of hydrogen-bond donors (Lipinski definition) is 1. The highest BCUT2D eigenvalue weighted by molar-refractivity contribution is 7.99. The second-order valence-electron chi connectivity index (χ2n) is 2.95. The highest BCUT2D eigenvalue weighted by atomic mass is 35.5. The Bertz CT molecular complexity index is 598. The van der Waals surface area contributed by atoms with Crippen LogP contribution in [0.15, 0.2) is 21.2 Å². The maximum atomic E-state index is 13.4. The molecule has 9 heteroatoms. The summed E-state index contributed by atoms with van der Waals surface area (Å²) in [6.45, 7) is 2.21. The van der Waals surface area contributed by atoms with E-state index in [2.05, 4.69) is 20.2 Å². The van der Waals surface area contributed by atoms with Crippen LogP contribution in [0, 0.1) is 5.82 Å². The number of aromatic amines is 1. The lowest BCUT2D eigenvalue weighted by Crippen LogP contribution is -2.16. The molecule has 0 atom stereocenters. The summed E-state index contributed by atoms with van der Waals surface area (Å²) in [6, 6.07) is 0. The summed E-state index contributed by atoms with van der Waals surface area (Å²) in [5.41, 5.74) is -0.351. The zero-order valence-corrected chi connectivity index (χ0v) is 10.2. The summed E-state index contributed by atoms with van der Waals surface area (Å²) in [6.07, 6.45) is 0.971. The highest BCUT2D eigenvalue weighted by Gasteiger charge is 2.13. The summed E-state index contributed by atoms with van der Waals surface area (Å²) in [5, 5.41) is 6.34. The van der Waals surface area contributed by atoms with E-state index >= 15 is 0 Å². The van der Waals surface area contributed by atoms with E-state index in [1.165, 1.54) is 4.57 Å². The Kier molecular flexibility index (Phi) is 3.43. The van der Waals surface area contributed by atoms with Crippen LogP contribution in [0.1, 0.15) is 6.92 Å². The van der Waals surface area contributed by atoms with Crippen molar-refractivity contribution in [1.82, 2.24) is 24.7 Å². The van der Waals surface area contributed by atoms with Crippen LogP contribution >= 0.6 is 23.4 Å². The van der Waals surface area contributed by atoms with Gasteiger partial charge in [-0.1, -0.05) is 0 Å². The van der Waals surface area contributed by atoms with Gasteiger partial charge in [0.25, 0.3) is 0 Å². The lowest BCUT2D eigenvalue weighted by molar-refractivity contribution is 0.577. The van der Waals surface area contributed by atoms with E-state index in [9.17, 15) is 9.18 Å². The Morgan fingerprint density at radius 2 is 2.41 bits per heavy atom. The van der Waals surface area contributed by atoms with Crippen LogP contribution < -0.4 is 5.69 Å². The van der Waals surface area contributed by atoms with Crippen LogP contribution in [0.4, 0.5) is 4.39 Å². The molecular weight excluding hydrogens is 269 g/mol. The predicted octanol–water partition coefficient (Wildman–Crippen LogP) is 1.32. The molecule has 0 bridgehead atoms. The fourth-order valence-corrected chi connectivity index (χ4v) is 2.20. The molecule has 1 N–H and O–H groups in total. The molecule has 2 aromatic rings. The number of rotatable bonds is 3. The molecule has 2 heterocycles. The van der Waals surface area contributed by atoms with Gasteiger partial charge in [0.2, 0.25) is 5.28 Å². The second kappa shape index (κ2) is 4.84. The summed E-state index contributed by atoms with van der Waals surface area (Å²) in [4.78, 5) is 18.5. The molecule has 6 nitrogen and oxygen atoms in total. The van der Waals surface area contributed by atoms with E-state index in [0.717, 1.165) is 18.0 Å². The Morgan fingerprint density at radius 3 is 3.12 bits per heavy atom. The number of halogens is 2. The zero-order valence-electron chi connectivity index (χ0n) is 8.65. The molecule has 0 saturated carbocycles. The van der Waals surface area contributed by atoms with Crippen molar-refractivity contribution in [2.24, 2.45) is 0 Å². The molecule has 0 amide bonds. The van der Waals surface area contributed by atoms with Crippen LogP contribution in [0.25, 0.3) is 0 Å². The van der Waals surface area contributed by atoms with Gasteiger partial charge < -0.3 is 0 Å². The quantitative estimate of drug-likeness (QED) is 0.675. The number of nitrogens with zero attached hydrogens (tertiary/aromatic N) is 4. The first-order chi connectivity index (χ1) is 8.11. The second-order valence-corrected chi connectivity index (χ2v) is 4.24. The van der Waals surface area contributed by atoms with Gasteiger partial charge in [0, 0.05) is 6.54 Å². The van der Waals surface area contributed by atoms with E-state index in [1.54, 1.807) is 6.92 Å². The van der Waals surface area contributed by atoms with E-state index in [1.807, 2.05) is 0 Å². The Morgan fingerprint density at radius 1 is 1.65 bits per heavy atom. The third kappa shape index (κ3) is 2.47. The lowest BCUT2D eigenvalue weighted by Gasteiger charge is -2.02. The van der Waals surface area contributed by atoms with Gasteiger partial charge >= 0.3 is 5.69 Å². The summed E-state index contributed by atoms with van der Waals surface area (Å²) in [5.74, 6) is -0.613. The van der Waals surface area contributed by atoms with Crippen molar-refractivity contribution in [1.29, 1.82) is 0 Å². The number of hydrogen-bond acceptors (Lipinski definition) is 5. The summed E-state index contributed by atoms with van der Waals surface area (Å²) in [7, 11) is 0. The molecule has 17 heavy (non-hydrogen) atoms. The van der Waals surface area contributed by atoms with Crippen molar-refractivity contribution >= 4 is 23.4 Å². The van der Waals surface area contributed by atoms with Crippen LogP contribution in [0.3, 0.4) is 0 Å². The average molecular weight is 276 g/mol. The molecular formula is C8H7ClFN5OS. The molecule has 0 aliphatic heterocycles. The molecule has 0 aliphatic carbocycles. The molecule has 2 aromatic heterocycles. The standard InChI is InChI=1S/C8H7ClFN5OS/c1-2-15-7(16)13-14-8(15)17-5-4(10)3-11-6(9)12-5/h3H,2H2,1H3,(H,13,16). The first-order valence-corrected chi connectivity index (χ1v) is 5.82. The SMILES string of the molecule is CCn1c(Sc2nc(Cl)ncc2F)n[nH]c1=O. The van der Waals surface area contributed by atoms with E-state index in [4.69, 9.17) is 11.6 Å². The molecule has 2 rings (SSSR count). The minimum Gasteiger partial charge on any atom is -0.270 e. The normalized spacial score (nSPS) is 10.8. The van der Waals surface area contributed by atoms with Gasteiger partial charge in [0.1, 0.15) is 5.03 Å². The van der Waals surface area contributed by atoms with Crippen LogP contribution in [0.2, 0.25) is 5.28 Å². The average Bonchev–Trinajstić information content (AvgIpc) is 2.64. The van der Waals surface area contributed by atoms with E-state index < -0.39 is 5.82 Å². The minimum absolute atomic E-state index is 0.0266. The Balaban J connectivity index is 2.37. The van der Waals surface area contributed by atoms with Gasteiger partial charge in [-0.3, -0.25) is 4.57 Å². The largest absolute Gasteiger partial charge is 0.343 e. The van der Waals surface area contributed by atoms with E-state index in [-0.39, 0.29) is 16.0 Å². The van der Waals surface area contributed by atoms with Gasteiger partial charge in [0.15, 0.2) is 11.0 Å². The summed E-state index contributed by atoms with van der Waals surface area (Å²) >= 11 is 6.47. The topological polar surface area (TPSA) is 76.5 Å². The monoisotopic (exact) mass is 275 g/mol. The molecule has 0 spiro atoms. The zero-order chi connectivity index (χ0) is 12.4. The van der Waals surface area contributed by atoms with Crippen LogP contribution in [0.5, 0.6) is 0 Å². The Hall–Kier alpha value is -1.41. The van der Waals surface area contributed by atoms with Crippen molar-refractivity contribution < 1.29 is 4.39 Å². The van der Waals surface area contributed by atoms with Gasteiger partial charge in [0.05, 0.1) is 6.20 Å². The third-order valence-electron chi connectivity index (χ3n) is 1.91. The third-order valence-corrected chi connectivity index (χ3v) is 3.07. The molecule has 0 aromatic carbocycles. The van der Waals surface area contributed by atoms with Gasteiger partial charge in [-0.05, 0) is 30.3 Å². The first-order valence-electron chi connectivity index (χ1n) is 4.63. The van der Waals surface area contributed by atoms with Crippen molar-refractivity contribution in [3.63, 3.8) is 0 Å². The van der Waals surface area contributed by atoms with Crippen LogP contribution in [-0.4, -0.2) is 24.7 Å². The van der Waals surface area contributed by atoms with Crippen molar-refractivity contribution in [3.05, 3.63) is 27.8 Å². The van der Waals surface area contributed by atoms with Gasteiger partial charge in [-0.25, -0.2) is 24.3 Å². The van der Waals surface area contributed by atoms with Crippen molar-refractivity contribution in [2.45, 2.75) is 23.7 Å². The number of H-pyrrole nitrogens is 1. The lowest BCUT2D eigenvalue weighted by atomic mass is 10.6. The highest BCUT2D eigenvalue weighted by Crippen LogP contribution is 2.25. The maximum absolute atomic E-state index is 13.4. The Labute approximate surface area is 104 Å². The maximum Gasteiger partial charge on any atom is 0.343 e. The number of aromatic nitrogens is 5. The number of nitrogens with one attached hydrogen (secondary N) is 1. The van der Waals surface area contributed by atoms with Crippen molar-refractivity contribution in [3.8, 4) is 0 Å². The first kappa shape index (κ1) is 12.1. The fraction of sp³-hybridized carbons (Fsp3) is 0.250. The molecule has 0 unspecified atom stereocenters. The molecule has 90 valence electrons. The molecule has 0 saturated heterocycles. The van der Waals surface area contributed by atoms with Crippen molar-refractivity contribution in [2.75, 3.05) is 0 Å². The fourth-order valence-electron chi connectivity index (χ4n) is 1.15. The van der Waals surface area contributed by atoms with Gasteiger partial charge in [-0.2, -0.15) is 0 Å². The minimum atomic E-state index is -0.613. The smallest absolute Gasteiger partial charge is 0.270 e. The molecule has 0 radical (unpaired) electrons. The summed E-state index contributed by atoms with van der Waals surface area (Å²) < 4.78 is 14.7. The van der Waals surface area contributed by atoms with Crippen LogP contribution in [-0.2, 0) is 6.54 Å². The van der Waals surface area contributed by atoms with E-state index in [0.29, 0.717) is 11.7 Å². The molecule has 0 fully saturated rings.